The van der Waals surface area contributed by atoms with Gasteiger partial charge in [-0.25, -0.2) is 4.79 Å². The van der Waals surface area contributed by atoms with Crippen LogP contribution in [-0.4, -0.2) is 102 Å². The number of carbonyl (C=O) groups is 7. The summed E-state index contributed by atoms with van der Waals surface area (Å²) in [6, 6.07) is 4.20. The van der Waals surface area contributed by atoms with Gasteiger partial charge in [0, 0.05) is 26.2 Å². The van der Waals surface area contributed by atoms with E-state index in [9.17, 15) is 33.6 Å². The summed E-state index contributed by atoms with van der Waals surface area (Å²) in [7, 11) is 3.12. The average Bonchev–Trinajstić information content (AvgIpc) is 3.72. The fraction of sp³-hybridized carbons (Fsp3) is 0.618. The van der Waals surface area contributed by atoms with E-state index in [2.05, 4.69) is 26.6 Å². The molecule has 0 radical (unpaired) electrons. The minimum atomic E-state index is -1.13. The smallest absolute Gasteiger partial charge is 0.315 e. The van der Waals surface area contributed by atoms with Crippen molar-refractivity contribution in [3.05, 3.63) is 35.9 Å². The van der Waals surface area contributed by atoms with Gasteiger partial charge >= 0.3 is 6.03 Å². The van der Waals surface area contributed by atoms with Crippen LogP contribution in [0.1, 0.15) is 78.8 Å². The van der Waals surface area contributed by atoms with Crippen molar-refractivity contribution in [2.75, 3.05) is 27.2 Å². The highest BCUT2D eigenvalue weighted by molar-refractivity contribution is 6.38. The molecule has 14 heteroatoms. The number of nitrogens with one attached hydrogen (secondary N) is 5. The van der Waals surface area contributed by atoms with E-state index < -0.39 is 77.1 Å². The summed E-state index contributed by atoms with van der Waals surface area (Å²) in [5.74, 6) is -4.21. The second kappa shape index (κ2) is 15.6. The molecule has 1 saturated carbocycles. The molecule has 14 nitrogen and oxygen atoms in total. The molecule has 4 unspecified atom stereocenters. The van der Waals surface area contributed by atoms with Gasteiger partial charge in [-0.2, -0.15) is 0 Å². The molecule has 1 aliphatic heterocycles. The van der Waals surface area contributed by atoms with Crippen molar-refractivity contribution in [2.24, 2.45) is 11.3 Å². The quantitative estimate of drug-likeness (QED) is 0.206. The van der Waals surface area contributed by atoms with Crippen molar-refractivity contribution >= 4 is 41.4 Å². The Hall–Kier alpha value is -4.49. The van der Waals surface area contributed by atoms with Gasteiger partial charge < -0.3 is 36.4 Å². The Morgan fingerprint density at radius 2 is 1.50 bits per heavy atom. The van der Waals surface area contributed by atoms with Gasteiger partial charge in [0.15, 0.2) is 0 Å². The molecule has 0 aromatic heterocycles. The van der Waals surface area contributed by atoms with Crippen LogP contribution in [0.5, 0.6) is 0 Å². The lowest BCUT2D eigenvalue weighted by Crippen LogP contribution is -2.61. The van der Waals surface area contributed by atoms with E-state index in [0.29, 0.717) is 37.8 Å². The molecule has 1 heterocycles. The van der Waals surface area contributed by atoms with Gasteiger partial charge in [-0.1, -0.05) is 51.1 Å². The summed E-state index contributed by atoms with van der Waals surface area (Å²) in [6.07, 6.45) is 2.16. The number of amides is 7. The van der Waals surface area contributed by atoms with E-state index in [1.165, 1.54) is 9.80 Å². The minimum absolute atomic E-state index is 0.253. The van der Waals surface area contributed by atoms with Crippen LogP contribution in [0.3, 0.4) is 0 Å². The number of hydrogen-bond donors (Lipinski definition) is 5. The van der Waals surface area contributed by atoms with Crippen molar-refractivity contribution in [2.45, 2.75) is 96.9 Å². The normalized spacial score (nSPS) is 18.1. The van der Waals surface area contributed by atoms with Gasteiger partial charge in [-0.3, -0.25) is 28.8 Å². The highest BCUT2D eigenvalue weighted by Crippen LogP contribution is 2.34. The Balaban J connectivity index is 1.64. The van der Waals surface area contributed by atoms with Crippen molar-refractivity contribution in [1.29, 1.82) is 0 Å². The zero-order valence-electron chi connectivity index (χ0n) is 29.3. The molecular weight excluding hydrogens is 618 g/mol. The lowest BCUT2D eigenvalue weighted by molar-refractivity contribution is -0.144. The molecule has 0 bridgehead atoms. The van der Waals surface area contributed by atoms with Crippen molar-refractivity contribution in [3.8, 4) is 0 Å². The maximum Gasteiger partial charge on any atom is 0.315 e. The summed E-state index contributed by atoms with van der Waals surface area (Å²) in [5.41, 5.74) is -0.643. The third kappa shape index (κ3) is 10.5. The number of nitrogens with zero attached hydrogens (tertiary/aromatic N) is 2. The summed E-state index contributed by atoms with van der Waals surface area (Å²) in [4.78, 5) is 94.5. The van der Waals surface area contributed by atoms with Gasteiger partial charge in [0.25, 0.3) is 5.91 Å². The molecule has 3 rings (SSSR count). The van der Waals surface area contributed by atoms with Crippen LogP contribution in [-0.2, 0) is 28.8 Å². The Morgan fingerprint density at radius 1 is 0.875 bits per heavy atom. The molecule has 1 aromatic carbocycles. The number of likely N-dealkylation sites (N-methyl/N-ethyl adjacent to an activating group) is 1. The SMILES string of the molecule is CN(C)C(=O)C(NC(=O)CNC(=O)C(=O)C(NC(=O)C1CCCN1C(=O)C(NC(=O)NC(C)(C)C)C(C)(C)C)C1CC1)c1ccccc1. The predicted octanol–water partition coefficient (Wildman–Crippen LogP) is 1.02. The van der Waals surface area contributed by atoms with Crippen LogP contribution < -0.4 is 26.6 Å². The highest BCUT2D eigenvalue weighted by atomic mass is 16.2. The maximum atomic E-state index is 13.8. The second-order valence-electron chi connectivity index (χ2n) is 14.9. The molecule has 1 saturated heterocycles. The van der Waals surface area contributed by atoms with Gasteiger partial charge in [-0.15, -0.1) is 0 Å². The second-order valence-corrected chi connectivity index (χ2v) is 14.9. The summed E-state index contributed by atoms with van der Waals surface area (Å²) in [6.45, 7) is 10.7. The first-order valence-electron chi connectivity index (χ1n) is 16.4. The fourth-order valence-electron chi connectivity index (χ4n) is 5.49. The van der Waals surface area contributed by atoms with Crippen LogP contribution >= 0.6 is 0 Å². The van der Waals surface area contributed by atoms with Gasteiger partial charge in [-0.05, 0) is 63.4 Å². The first-order chi connectivity index (χ1) is 22.3. The third-order valence-electron chi connectivity index (χ3n) is 8.15. The molecule has 2 fully saturated rings. The summed E-state index contributed by atoms with van der Waals surface area (Å²) < 4.78 is 0. The number of benzene rings is 1. The summed E-state index contributed by atoms with van der Waals surface area (Å²) in [5, 5.41) is 13.2. The number of urea groups is 1. The summed E-state index contributed by atoms with van der Waals surface area (Å²) >= 11 is 0. The number of hydrogen-bond acceptors (Lipinski definition) is 7. The predicted molar refractivity (Wildman–Crippen MR) is 178 cm³/mol. The standard InChI is InChI=1S/C34H51N7O7/c1-33(2,3)27(38-32(48)39-34(4,5)6)31(47)41-18-12-15-22(41)28(44)37-24(21-16-17-21)26(43)29(45)35-19-23(42)36-25(30(46)40(7)8)20-13-10-9-11-14-20/h9-11,13-14,21-22,24-25,27H,12,15-19H2,1-8H3,(H,35,45)(H,36,42)(H,37,44)(H2,38,39,48). The van der Waals surface area contributed by atoms with E-state index in [4.69, 9.17) is 0 Å². The number of rotatable bonds is 12. The topological polar surface area (TPSA) is 186 Å². The van der Waals surface area contributed by atoms with Gasteiger partial charge in [0.2, 0.25) is 29.4 Å². The Kier molecular flexibility index (Phi) is 12.3. The lowest BCUT2D eigenvalue weighted by Gasteiger charge is -2.36. The molecule has 0 spiro atoms. The Labute approximate surface area is 282 Å². The van der Waals surface area contributed by atoms with Crippen molar-refractivity contribution in [1.82, 2.24) is 36.4 Å². The first kappa shape index (κ1) is 38.0. The zero-order chi connectivity index (χ0) is 36.0. The fourth-order valence-corrected chi connectivity index (χ4v) is 5.49. The number of likely N-dealkylation sites (tertiary alicyclic amines) is 1. The van der Waals surface area contributed by atoms with E-state index >= 15 is 0 Å². The maximum absolute atomic E-state index is 13.8. The van der Waals surface area contributed by atoms with E-state index in [-0.39, 0.29) is 11.8 Å². The minimum Gasteiger partial charge on any atom is -0.347 e. The van der Waals surface area contributed by atoms with E-state index in [1.807, 2.05) is 41.5 Å². The molecule has 1 aliphatic carbocycles. The highest BCUT2D eigenvalue weighted by Gasteiger charge is 2.45. The Morgan fingerprint density at radius 3 is 2.04 bits per heavy atom. The van der Waals surface area contributed by atoms with Crippen LogP contribution in [0.4, 0.5) is 4.79 Å². The third-order valence-corrected chi connectivity index (χ3v) is 8.15. The number of Topliss-reactive ketones (excluding diaryl/α,β-unsaturated/α-hetero) is 1. The zero-order valence-corrected chi connectivity index (χ0v) is 29.3. The van der Waals surface area contributed by atoms with Gasteiger partial charge in [0.05, 0.1) is 6.54 Å². The van der Waals surface area contributed by atoms with Crippen molar-refractivity contribution in [3.63, 3.8) is 0 Å². The monoisotopic (exact) mass is 669 g/mol. The molecule has 1 aromatic rings. The number of carbonyl (C=O) groups excluding carboxylic acids is 7. The lowest BCUT2D eigenvalue weighted by atomic mass is 9.85. The molecule has 2 aliphatic rings. The first-order valence-corrected chi connectivity index (χ1v) is 16.4. The average molecular weight is 670 g/mol. The van der Waals surface area contributed by atoms with E-state index in [1.54, 1.807) is 44.4 Å². The Bertz CT molecular complexity index is 1380. The van der Waals surface area contributed by atoms with Crippen LogP contribution in [0, 0.1) is 11.3 Å². The molecule has 4 atom stereocenters. The van der Waals surface area contributed by atoms with Crippen LogP contribution in [0.2, 0.25) is 0 Å². The van der Waals surface area contributed by atoms with Crippen LogP contribution in [0.15, 0.2) is 30.3 Å². The number of ketones is 1. The van der Waals surface area contributed by atoms with Crippen LogP contribution in [0.25, 0.3) is 0 Å². The molecule has 48 heavy (non-hydrogen) atoms. The van der Waals surface area contributed by atoms with Gasteiger partial charge in [0.1, 0.15) is 24.2 Å². The van der Waals surface area contributed by atoms with Crippen molar-refractivity contribution < 1.29 is 33.6 Å². The molecular formula is C34H51N7O7. The molecule has 264 valence electrons. The van der Waals surface area contributed by atoms with E-state index in [0.717, 1.165) is 0 Å². The molecule has 7 amide bonds. The molecule has 5 N–H and O–H groups in total. The largest absolute Gasteiger partial charge is 0.347 e.